The monoisotopic (exact) mass is 607 g/mol. The topological polar surface area (TPSA) is 72.2 Å². The third kappa shape index (κ3) is 56.9. The third-order valence-electron chi connectivity index (χ3n) is 7.58. The molecule has 0 saturated heterocycles. The van der Waals surface area contributed by atoms with E-state index in [4.69, 9.17) is 5.73 Å². The van der Waals surface area contributed by atoms with Crippen molar-refractivity contribution < 1.29 is 9.59 Å². The molecular formula is C39H78N2O2. The number of allylic oxidation sites excluding steroid dienone is 4. The minimum absolute atomic E-state index is 0.171. The summed E-state index contributed by atoms with van der Waals surface area (Å²) in [6.07, 6.45) is 45.1. The summed E-state index contributed by atoms with van der Waals surface area (Å²) in [7, 11) is 2.01. The van der Waals surface area contributed by atoms with Gasteiger partial charge in [-0.15, -0.1) is 0 Å². The van der Waals surface area contributed by atoms with Crippen molar-refractivity contribution >= 4 is 12.2 Å². The van der Waals surface area contributed by atoms with Crippen molar-refractivity contribution in [2.75, 3.05) is 13.6 Å². The zero-order valence-corrected chi connectivity index (χ0v) is 29.8. The van der Waals surface area contributed by atoms with Crippen molar-refractivity contribution in [1.29, 1.82) is 0 Å². The molecular weight excluding hydrogens is 528 g/mol. The Bertz CT molecular complexity index is 553. The zero-order valence-electron chi connectivity index (χ0n) is 29.8. The Morgan fingerprint density at radius 2 is 0.884 bits per heavy atom. The number of carbonyl (C=O) groups excluding carboxylic acids is 2. The normalized spacial score (nSPS) is 10.9. The first-order chi connectivity index (χ1) is 21.1. The minimum Gasteiger partial charge on any atom is -0.370 e. The van der Waals surface area contributed by atoms with Gasteiger partial charge in [0.15, 0.2) is 0 Å². The number of nitrogens with one attached hydrogen (secondary N) is 1. The van der Waals surface area contributed by atoms with Crippen LogP contribution in [0.2, 0.25) is 0 Å². The first-order valence-electron chi connectivity index (χ1n) is 18.8. The van der Waals surface area contributed by atoms with E-state index in [1.54, 1.807) is 0 Å². The fraction of sp³-hybridized carbons (Fsp3) is 0.846. The summed E-state index contributed by atoms with van der Waals surface area (Å²) in [4.78, 5) is 20.6. The van der Waals surface area contributed by atoms with E-state index in [1.807, 2.05) is 7.05 Å². The SMILES string of the molecule is CCCCC/C=C\C/C=C\CCCCCCCC(N)=O.CCCCCCCCCCCCCC=O.CCCCCCNC. The summed E-state index contributed by atoms with van der Waals surface area (Å²) < 4.78 is 0. The number of hydrogen-bond donors (Lipinski definition) is 2. The highest BCUT2D eigenvalue weighted by molar-refractivity contribution is 5.73. The molecule has 0 aromatic rings. The van der Waals surface area contributed by atoms with Gasteiger partial charge in [0.2, 0.25) is 5.91 Å². The summed E-state index contributed by atoms with van der Waals surface area (Å²) >= 11 is 0. The first kappa shape index (κ1) is 46.0. The number of carbonyl (C=O) groups is 2. The van der Waals surface area contributed by atoms with Crippen molar-refractivity contribution in [3.05, 3.63) is 24.3 Å². The predicted molar refractivity (Wildman–Crippen MR) is 194 cm³/mol. The molecule has 43 heavy (non-hydrogen) atoms. The van der Waals surface area contributed by atoms with Gasteiger partial charge >= 0.3 is 0 Å². The molecule has 0 atom stereocenters. The summed E-state index contributed by atoms with van der Waals surface area (Å²) in [5.41, 5.74) is 5.09. The maximum Gasteiger partial charge on any atom is 0.217 e. The molecule has 0 rings (SSSR count). The molecule has 4 nitrogen and oxygen atoms in total. The van der Waals surface area contributed by atoms with E-state index < -0.39 is 0 Å². The summed E-state index contributed by atoms with van der Waals surface area (Å²) in [5, 5.41) is 3.13. The number of amides is 1. The molecule has 0 bridgehead atoms. The van der Waals surface area contributed by atoms with Crippen LogP contribution in [-0.4, -0.2) is 25.8 Å². The molecule has 0 aliphatic heterocycles. The fourth-order valence-corrected chi connectivity index (χ4v) is 4.73. The molecule has 0 aromatic carbocycles. The molecule has 4 heteroatoms. The van der Waals surface area contributed by atoms with Gasteiger partial charge in [-0.05, 0) is 65.0 Å². The average molecular weight is 607 g/mol. The van der Waals surface area contributed by atoms with Crippen LogP contribution in [0.25, 0.3) is 0 Å². The van der Waals surface area contributed by atoms with Crippen molar-refractivity contribution in [1.82, 2.24) is 5.32 Å². The van der Waals surface area contributed by atoms with Gasteiger partial charge in [-0.2, -0.15) is 0 Å². The van der Waals surface area contributed by atoms with E-state index in [0.29, 0.717) is 6.42 Å². The second-order valence-electron chi connectivity index (χ2n) is 12.1. The van der Waals surface area contributed by atoms with E-state index in [-0.39, 0.29) is 5.91 Å². The van der Waals surface area contributed by atoms with Crippen molar-refractivity contribution in [3.63, 3.8) is 0 Å². The van der Waals surface area contributed by atoms with E-state index in [1.165, 1.54) is 148 Å². The highest BCUT2D eigenvalue weighted by Gasteiger charge is 1.94. The highest BCUT2D eigenvalue weighted by atomic mass is 16.1. The molecule has 0 unspecified atom stereocenters. The van der Waals surface area contributed by atoms with Crippen LogP contribution >= 0.6 is 0 Å². The average Bonchev–Trinajstić information content (AvgIpc) is 3.00. The lowest BCUT2D eigenvalue weighted by Gasteiger charge is -2.01. The van der Waals surface area contributed by atoms with Crippen LogP contribution in [0.5, 0.6) is 0 Å². The molecule has 0 aromatic heterocycles. The third-order valence-corrected chi connectivity index (χ3v) is 7.58. The van der Waals surface area contributed by atoms with Gasteiger partial charge in [-0.1, -0.05) is 161 Å². The van der Waals surface area contributed by atoms with E-state index in [9.17, 15) is 9.59 Å². The molecule has 0 aliphatic carbocycles. The van der Waals surface area contributed by atoms with Crippen molar-refractivity contribution in [2.45, 2.75) is 201 Å². The van der Waals surface area contributed by atoms with Crippen LogP contribution < -0.4 is 11.1 Å². The molecule has 0 aliphatic rings. The highest BCUT2D eigenvalue weighted by Crippen LogP contribution is 2.11. The second kappa shape index (κ2) is 47.5. The Morgan fingerprint density at radius 3 is 1.33 bits per heavy atom. The number of aldehydes is 1. The molecule has 3 N–H and O–H groups in total. The number of hydrogen-bond acceptors (Lipinski definition) is 3. The number of nitrogens with two attached hydrogens (primary N) is 1. The van der Waals surface area contributed by atoms with Crippen molar-refractivity contribution in [3.8, 4) is 0 Å². The molecule has 256 valence electrons. The lowest BCUT2D eigenvalue weighted by Crippen LogP contribution is -2.09. The standard InChI is InChI=1S/C18H33NO.C14H28O.C7H17N/c1-2-3-4-5-6-7-8-9-10-11-12-13-14-15-16-17-18(19)20;1-2-3-4-5-6-7-8-9-10-11-12-13-14-15;1-3-4-5-6-7-8-2/h6-7,9-10H,2-5,8,11-17H2,1H3,(H2,19,20);14H,2-13H2,1H3;8H,3-7H2,1-2H3/b7-6-,10-9-;;. The quantitative estimate of drug-likeness (QED) is 0.0468. The lowest BCUT2D eigenvalue weighted by molar-refractivity contribution is -0.118. The van der Waals surface area contributed by atoms with Crippen LogP contribution in [0.3, 0.4) is 0 Å². The maximum absolute atomic E-state index is 10.5. The minimum atomic E-state index is -0.171. The Balaban J connectivity index is -0.000000610. The predicted octanol–water partition coefficient (Wildman–Crippen LogP) is 12.0. The van der Waals surface area contributed by atoms with Gasteiger partial charge in [0.05, 0.1) is 0 Å². The van der Waals surface area contributed by atoms with Gasteiger partial charge in [0, 0.05) is 12.8 Å². The second-order valence-corrected chi connectivity index (χ2v) is 12.1. The molecule has 0 radical (unpaired) electrons. The van der Waals surface area contributed by atoms with Crippen LogP contribution in [0.15, 0.2) is 24.3 Å². The van der Waals surface area contributed by atoms with Crippen LogP contribution in [-0.2, 0) is 9.59 Å². The molecule has 0 heterocycles. The van der Waals surface area contributed by atoms with Gasteiger partial charge in [-0.3, -0.25) is 4.79 Å². The van der Waals surface area contributed by atoms with Gasteiger partial charge in [0.25, 0.3) is 0 Å². The van der Waals surface area contributed by atoms with E-state index >= 15 is 0 Å². The van der Waals surface area contributed by atoms with Gasteiger partial charge in [-0.25, -0.2) is 0 Å². The van der Waals surface area contributed by atoms with Crippen molar-refractivity contribution in [2.24, 2.45) is 5.73 Å². The Morgan fingerprint density at radius 1 is 0.512 bits per heavy atom. The van der Waals surface area contributed by atoms with Crippen LogP contribution in [0.1, 0.15) is 201 Å². The zero-order chi connectivity index (χ0) is 32.3. The number of unbranched alkanes of at least 4 members (excludes halogenated alkanes) is 22. The summed E-state index contributed by atoms with van der Waals surface area (Å²) in [6, 6.07) is 0. The van der Waals surface area contributed by atoms with E-state index in [2.05, 4.69) is 50.4 Å². The van der Waals surface area contributed by atoms with Gasteiger partial charge < -0.3 is 15.8 Å². The van der Waals surface area contributed by atoms with E-state index in [0.717, 1.165) is 38.4 Å². The number of primary amides is 1. The van der Waals surface area contributed by atoms with Crippen LogP contribution in [0, 0.1) is 0 Å². The first-order valence-corrected chi connectivity index (χ1v) is 18.8. The molecule has 1 amide bonds. The Kier molecular flexibility index (Phi) is 50.8. The molecule has 0 fully saturated rings. The Hall–Kier alpha value is -1.42. The maximum atomic E-state index is 10.5. The van der Waals surface area contributed by atoms with Crippen LogP contribution in [0.4, 0.5) is 0 Å². The fourth-order valence-electron chi connectivity index (χ4n) is 4.73. The number of rotatable bonds is 31. The van der Waals surface area contributed by atoms with Gasteiger partial charge in [0.1, 0.15) is 6.29 Å². The lowest BCUT2D eigenvalue weighted by atomic mass is 10.1. The largest absolute Gasteiger partial charge is 0.370 e. The molecule has 0 saturated carbocycles. The Labute approximate surface area is 270 Å². The smallest absolute Gasteiger partial charge is 0.217 e. The summed E-state index contributed by atoms with van der Waals surface area (Å²) in [5.74, 6) is -0.171. The summed E-state index contributed by atoms with van der Waals surface area (Å²) in [6.45, 7) is 7.92. The molecule has 0 spiro atoms.